The molecule has 1 aromatic carbocycles. The third kappa shape index (κ3) is 3.04. The van der Waals surface area contributed by atoms with Crippen LogP contribution in [-0.4, -0.2) is 27.6 Å². The Morgan fingerprint density at radius 3 is 2.67 bits per heavy atom. The minimum Gasteiger partial charge on any atom is -0.480 e. The number of carbonyl (C=O) groups is 1. The van der Waals surface area contributed by atoms with Crippen LogP contribution in [0, 0.1) is 6.92 Å². The Hall–Kier alpha value is -2.43. The first-order chi connectivity index (χ1) is 8.65. The molecule has 0 unspecified atom stereocenters. The Morgan fingerprint density at radius 1 is 1.28 bits per heavy atom. The minimum atomic E-state index is -0.945. The number of rotatable bonds is 4. The van der Waals surface area contributed by atoms with Crippen LogP contribution in [0.25, 0.3) is 11.3 Å². The van der Waals surface area contributed by atoms with Crippen LogP contribution in [0.3, 0.4) is 0 Å². The zero-order valence-electron chi connectivity index (χ0n) is 9.92. The molecule has 5 nitrogen and oxygen atoms in total. The van der Waals surface area contributed by atoms with Gasteiger partial charge in [0.25, 0.3) is 0 Å². The summed E-state index contributed by atoms with van der Waals surface area (Å²) < 4.78 is 0. The van der Waals surface area contributed by atoms with E-state index in [4.69, 9.17) is 5.11 Å². The predicted octanol–water partition coefficient (Wildman–Crippen LogP) is 1.95. The van der Waals surface area contributed by atoms with Crippen molar-refractivity contribution in [3.63, 3.8) is 0 Å². The second-order valence-corrected chi connectivity index (χ2v) is 3.88. The lowest BCUT2D eigenvalue weighted by molar-refractivity contribution is -0.134. The van der Waals surface area contributed by atoms with E-state index in [1.807, 2.05) is 31.2 Å². The average Bonchev–Trinajstić information content (AvgIpc) is 2.37. The van der Waals surface area contributed by atoms with E-state index in [0.29, 0.717) is 5.95 Å². The summed E-state index contributed by atoms with van der Waals surface area (Å²) in [6.07, 6.45) is 1.60. The highest BCUT2D eigenvalue weighted by atomic mass is 16.4. The van der Waals surface area contributed by atoms with E-state index in [1.165, 1.54) is 5.56 Å². The second-order valence-electron chi connectivity index (χ2n) is 3.88. The van der Waals surface area contributed by atoms with E-state index >= 15 is 0 Å². The summed E-state index contributed by atoms with van der Waals surface area (Å²) in [6.45, 7) is 1.82. The maximum Gasteiger partial charge on any atom is 0.322 e. The number of carboxylic acids is 1. The molecular formula is C13H13N3O2. The van der Waals surface area contributed by atoms with E-state index in [-0.39, 0.29) is 6.54 Å². The Labute approximate surface area is 105 Å². The summed E-state index contributed by atoms with van der Waals surface area (Å²) in [6, 6.07) is 9.73. The summed E-state index contributed by atoms with van der Waals surface area (Å²) in [5.41, 5.74) is 2.91. The molecule has 2 N–H and O–H groups in total. The number of nitrogens with zero attached hydrogens (tertiary/aromatic N) is 2. The lowest BCUT2D eigenvalue weighted by Gasteiger charge is -2.05. The van der Waals surface area contributed by atoms with Gasteiger partial charge in [-0.1, -0.05) is 29.8 Å². The van der Waals surface area contributed by atoms with Gasteiger partial charge < -0.3 is 10.4 Å². The molecule has 0 radical (unpaired) electrons. The summed E-state index contributed by atoms with van der Waals surface area (Å²) in [4.78, 5) is 18.7. The molecule has 5 heteroatoms. The van der Waals surface area contributed by atoms with Crippen molar-refractivity contribution in [1.29, 1.82) is 0 Å². The highest BCUT2D eigenvalue weighted by molar-refractivity contribution is 5.72. The average molecular weight is 243 g/mol. The first-order valence-electron chi connectivity index (χ1n) is 5.51. The smallest absolute Gasteiger partial charge is 0.322 e. The second kappa shape index (κ2) is 5.27. The van der Waals surface area contributed by atoms with Gasteiger partial charge in [-0.25, -0.2) is 9.97 Å². The number of nitrogens with one attached hydrogen (secondary N) is 1. The van der Waals surface area contributed by atoms with Crippen molar-refractivity contribution in [1.82, 2.24) is 9.97 Å². The number of carboxylic acid groups (broad SMARTS) is 1. The van der Waals surface area contributed by atoms with E-state index in [2.05, 4.69) is 15.3 Å². The predicted molar refractivity (Wildman–Crippen MR) is 68.3 cm³/mol. The van der Waals surface area contributed by atoms with Gasteiger partial charge in [0.2, 0.25) is 5.95 Å². The SMILES string of the molecule is Cc1ccc(-c2ccnc(NCC(=O)O)n2)cc1. The molecule has 0 aliphatic carbocycles. The fourth-order valence-corrected chi connectivity index (χ4v) is 1.48. The van der Waals surface area contributed by atoms with Crippen molar-refractivity contribution in [2.75, 3.05) is 11.9 Å². The lowest BCUT2D eigenvalue weighted by Crippen LogP contribution is -2.14. The first-order valence-corrected chi connectivity index (χ1v) is 5.51. The molecule has 0 spiro atoms. The van der Waals surface area contributed by atoms with Crippen molar-refractivity contribution >= 4 is 11.9 Å². The van der Waals surface area contributed by atoms with E-state index in [1.54, 1.807) is 12.3 Å². The molecule has 1 heterocycles. The van der Waals surface area contributed by atoms with Crippen LogP contribution in [-0.2, 0) is 4.79 Å². The van der Waals surface area contributed by atoms with Crippen LogP contribution >= 0.6 is 0 Å². The quantitative estimate of drug-likeness (QED) is 0.858. The van der Waals surface area contributed by atoms with E-state index < -0.39 is 5.97 Å². The Morgan fingerprint density at radius 2 is 2.00 bits per heavy atom. The maximum atomic E-state index is 10.4. The van der Waals surface area contributed by atoms with E-state index in [9.17, 15) is 4.79 Å². The normalized spacial score (nSPS) is 10.1. The fourth-order valence-electron chi connectivity index (χ4n) is 1.48. The molecule has 18 heavy (non-hydrogen) atoms. The van der Waals surface area contributed by atoms with Gasteiger partial charge in [0, 0.05) is 11.8 Å². The molecule has 0 fully saturated rings. The van der Waals surface area contributed by atoms with Crippen LogP contribution in [0.15, 0.2) is 36.5 Å². The largest absolute Gasteiger partial charge is 0.480 e. The number of aromatic nitrogens is 2. The summed E-state index contributed by atoms with van der Waals surface area (Å²) >= 11 is 0. The monoisotopic (exact) mass is 243 g/mol. The van der Waals surface area contributed by atoms with Gasteiger partial charge >= 0.3 is 5.97 Å². The number of benzene rings is 1. The molecule has 2 rings (SSSR count). The van der Waals surface area contributed by atoms with E-state index in [0.717, 1.165) is 11.3 Å². The van der Waals surface area contributed by atoms with Gasteiger partial charge in [0.05, 0.1) is 5.69 Å². The number of hydrogen-bond acceptors (Lipinski definition) is 4. The fraction of sp³-hybridized carbons (Fsp3) is 0.154. The summed E-state index contributed by atoms with van der Waals surface area (Å²) in [7, 11) is 0. The van der Waals surface area contributed by atoms with Crippen molar-refractivity contribution in [2.24, 2.45) is 0 Å². The number of anilines is 1. The van der Waals surface area contributed by atoms with Gasteiger partial charge in [-0.15, -0.1) is 0 Å². The third-order valence-electron chi connectivity index (χ3n) is 2.40. The minimum absolute atomic E-state index is 0.197. The highest BCUT2D eigenvalue weighted by Crippen LogP contribution is 2.17. The van der Waals surface area contributed by atoms with Crippen LogP contribution in [0.1, 0.15) is 5.56 Å². The third-order valence-corrected chi connectivity index (χ3v) is 2.40. The Balaban J connectivity index is 2.21. The molecule has 0 atom stereocenters. The molecule has 92 valence electrons. The topological polar surface area (TPSA) is 75.1 Å². The van der Waals surface area contributed by atoms with Gasteiger partial charge in [-0.3, -0.25) is 4.79 Å². The summed E-state index contributed by atoms with van der Waals surface area (Å²) in [5, 5.41) is 11.2. The van der Waals surface area contributed by atoms with Gasteiger partial charge in [0.1, 0.15) is 6.54 Å². The van der Waals surface area contributed by atoms with Crippen molar-refractivity contribution in [3.05, 3.63) is 42.1 Å². The van der Waals surface area contributed by atoms with Gasteiger partial charge in [0.15, 0.2) is 0 Å². The van der Waals surface area contributed by atoms with Crippen LogP contribution in [0.4, 0.5) is 5.95 Å². The van der Waals surface area contributed by atoms with Crippen molar-refractivity contribution in [2.45, 2.75) is 6.92 Å². The lowest BCUT2D eigenvalue weighted by atomic mass is 10.1. The van der Waals surface area contributed by atoms with Crippen LogP contribution in [0.5, 0.6) is 0 Å². The first kappa shape index (κ1) is 12.0. The highest BCUT2D eigenvalue weighted by Gasteiger charge is 2.03. The Kier molecular flexibility index (Phi) is 3.52. The standard InChI is InChI=1S/C13H13N3O2/c1-9-2-4-10(5-3-9)11-6-7-14-13(16-11)15-8-12(17)18/h2-7H,8H2,1H3,(H,17,18)(H,14,15,16). The van der Waals surface area contributed by atoms with Gasteiger partial charge in [-0.05, 0) is 13.0 Å². The molecule has 0 bridgehead atoms. The number of hydrogen-bond donors (Lipinski definition) is 2. The number of aryl methyl sites for hydroxylation is 1. The van der Waals surface area contributed by atoms with Gasteiger partial charge in [-0.2, -0.15) is 0 Å². The van der Waals surface area contributed by atoms with Crippen LogP contribution in [0.2, 0.25) is 0 Å². The Bertz CT molecular complexity index is 552. The molecule has 0 saturated carbocycles. The zero-order chi connectivity index (χ0) is 13.0. The van der Waals surface area contributed by atoms with Crippen molar-refractivity contribution in [3.8, 4) is 11.3 Å². The zero-order valence-corrected chi connectivity index (χ0v) is 9.92. The number of aliphatic carboxylic acids is 1. The molecule has 0 amide bonds. The molecule has 0 saturated heterocycles. The molecule has 0 aliphatic rings. The maximum absolute atomic E-state index is 10.4. The molecule has 1 aromatic heterocycles. The molecule has 2 aromatic rings. The summed E-state index contributed by atoms with van der Waals surface area (Å²) in [5.74, 6) is -0.630. The van der Waals surface area contributed by atoms with Crippen molar-refractivity contribution < 1.29 is 9.90 Å². The molecule has 0 aliphatic heterocycles. The van der Waals surface area contributed by atoms with Crippen LogP contribution < -0.4 is 5.32 Å². The molecular weight excluding hydrogens is 230 g/mol.